The average Bonchev–Trinajstić information content (AvgIpc) is 3.19. The molecule has 0 aromatic heterocycles. The molecule has 16 nitrogen and oxygen atoms in total. The summed E-state index contributed by atoms with van der Waals surface area (Å²) in [5.41, 5.74) is 0. The van der Waals surface area contributed by atoms with Gasteiger partial charge in [-0.1, -0.05) is 152 Å². The van der Waals surface area contributed by atoms with Gasteiger partial charge in [-0.3, -0.25) is 23.2 Å². The van der Waals surface area contributed by atoms with E-state index in [2.05, 4.69) is 16.0 Å². The number of hydrogen-bond acceptors (Lipinski definition) is 13. The van der Waals surface area contributed by atoms with Gasteiger partial charge in [0.2, 0.25) is 0 Å². The van der Waals surface area contributed by atoms with Crippen molar-refractivity contribution in [2.45, 2.75) is 166 Å². The maximum Gasteiger partial charge on any atom is 0.472 e. The molecule has 0 rings (SSSR count). The molecule has 0 aromatic carbocycles. The van der Waals surface area contributed by atoms with Gasteiger partial charge in [0.25, 0.3) is 0 Å². The summed E-state index contributed by atoms with van der Waals surface area (Å²) in [5, 5.41) is 40.2. The number of phosphoric acid groups is 2. The Labute approximate surface area is 357 Å². The molecule has 0 saturated carbocycles. The predicted molar refractivity (Wildman–Crippen MR) is 229 cm³/mol. The van der Waals surface area contributed by atoms with Crippen LogP contribution < -0.4 is 0 Å². The molecule has 0 spiro atoms. The lowest BCUT2D eigenvalue weighted by Gasteiger charge is -2.21. The van der Waals surface area contributed by atoms with Crippen LogP contribution in [0, 0.1) is 0 Å². The van der Waals surface area contributed by atoms with Gasteiger partial charge in [-0.2, -0.15) is 0 Å². The predicted octanol–water partition coefficient (Wildman–Crippen LogP) is 7.36. The second kappa shape index (κ2) is 37.3. The van der Waals surface area contributed by atoms with Crippen molar-refractivity contribution < 1.29 is 76.9 Å². The third-order valence-electron chi connectivity index (χ3n) is 8.75. The number of carbonyl (C=O) groups excluding carboxylic acids is 2. The fourth-order valence-corrected chi connectivity index (χ4v) is 6.55. The first kappa shape index (κ1) is 57.7. The van der Waals surface area contributed by atoms with Crippen LogP contribution in [0.2, 0.25) is 0 Å². The number of phosphoric ester groups is 2. The van der Waals surface area contributed by atoms with E-state index in [1.807, 2.05) is 19.1 Å². The molecule has 18 heteroatoms. The Hall–Kier alpha value is -2.30. The summed E-state index contributed by atoms with van der Waals surface area (Å²) < 4.78 is 47.5. The van der Waals surface area contributed by atoms with E-state index >= 15 is 0 Å². The fraction of sp³-hybridized carbons (Fsp3) is 0.714. The maximum atomic E-state index is 12.7. The SMILES string of the molecule is CC/C=C\C[C@H](O)/C=C/C=C/C=C\C=C/[C@@H](O)[C@H](O)CCCC(=O)O[C@H](COC(=O)CCCCCCCCCCCCCCC)COP(=O)(O)OC[C@@H](O)COP(=O)(O)O. The fourth-order valence-electron chi connectivity index (χ4n) is 5.39. The lowest BCUT2D eigenvalue weighted by molar-refractivity contribution is -0.161. The van der Waals surface area contributed by atoms with Crippen LogP contribution in [0.25, 0.3) is 0 Å². The number of rotatable bonds is 39. The number of carbonyl (C=O) groups is 2. The van der Waals surface area contributed by atoms with Gasteiger partial charge in [0.1, 0.15) is 12.7 Å². The van der Waals surface area contributed by atoms with Crippen LogP contribution in [-0.4, -0.2) is 104 Å². The van der Waals surface area contributed by atoms with E-state index in [9.17, 15) is 44.0 Å². The highest BCUT2D eigenvalue weighted by Gasteiger charge is 2.28. The molecule has 6 atom stereocenters. The van der Waals surface area contributed by atoms with Crippen LogP contribution in [0.4, 0.5) is 0 Å². The molecule has 0 aromatic rings. The van der Waals surface area contributed by atoms with Crippen molar-refractivity contribution in [1.82, 2.24) is 0 Å². The van der Waals surface area contributed by atoms with Crippen molar-refractivity contribution in [2.24, 2.45) is 0 Å². The van der Waals surface area contributed by atoms with Crippen molar-refractivity contribution in [3.05, 3.63) is 60.8 Å². The van der Waals surface area contributed by atoms with Gasteiger partial charge in [0.05, 0.1) is 38.1 Å². The normalized spacial score (nSPS) is 16.2. The van der Waals surface area contributed by atoms with Gasteiger partial charge >= 0.3 is 27.6 Å². The summed E-state index contributed by atoms with van der Waals surface area (Å²) in [4.78, 5) is 52.7. The Bertz CT molecular complexity index is 1340. The minimum absolute atomic E-state index is 0.0216. The van der Waals surface area contributed by atoms with Crippen LogP contribution in [-0.2, 0) is 41.8 Å². The van der Waals surface area contributed by atoms with Crippen molar-refractivity contribution in [3.8, 4) is 0 Å². The number of ether oxygens (including phenoxy) is 2. The zero-order valence-electron chi connectivity index (χ0n) is 35.6. The Balaban J connectivity index is 4.88. The largest absolute Gasteiger partial charge is 0.472 e. The Morgan fingerprint density at radius 3 is 1.68 bits per heavy atom. The van der Waals surface area contributed by atoms with E-state index in [0.29, 0.717) is 12.8 Å². The lowest BCUT2D eigenvalue weighted by atomic mass is 10.0. The molecule has 0 amide bonds. The molecule has 0 saturated heterocycles. The monoisotopic (exact) mass is 896 g/mol. The summed E-state index contributed by atoms with van der Waals surface area (Å²) in [5.74, 6) is -1.37. The first-order valence-electron chi connectivity index (χ1n) is 21.3. The van der Waals surface area contributed by atoms with Gasteiger partial charge in [0.15, 0.2) is 6.10 Å². The standard InChI is InChI=1S/C42H74O16P2/c1-3-5-7-8-9-10-11-12-13-14-15-20-24-30-41(47)54-34-38(35-57-60(52,53)56-33-37(44)32-55-59(49,50)51)58-42(48)31-25-29-40(46)39(45)28-23-19-17-16-18-22-27-36(43)26-21-6-4-2/h6,16-19,21-23,27-28,36-40,43-46H,3-5,7-15,20,24-26,29-35H2,1-2H3,(H,52,53)(H2,49,50,51)/b18-16+,19-17-,21-6-,27-22+,28-23-/t36-,37-,38+,39+,40+/m0/s1. The lowest BCUT2D eigenvalue weighted by Crippen LogP contribution is -2.30. The van der Waals surface area contributed by atoms with Crippen molar-refractivity contribution in [3.63, 3.8) is 0 Å². The third-order valence-corrected chi connectivity index (χ3v) is 10.2. The first-order chi connectivity index (χ1) is 28.6. The highest BCUT2D eigenvalue weighted by Crippen LogP contribution is 2.43. The molecule has 348 valence electrons. The second-order valence-corrected chi connectivity index (χ2v) is 17.2. The molecule has 0 aliphatic heterocycles. The maximum absolute atomic E-state index is 12.7. The van der Waals surface area contributed by atoms with Gasteiger partial charge in [0, 0.05) is 12.8 Å². The van der Waals surface area contributed by atoms with Crippen LogP contribution in [0.3, 0.4) is 0 Å². The quantitative estimate of drug-likeness (QED) is 0.0105. The van der Waals surface area contributed by atoms with E-state index in [1.165, 1.54) is 57.4 Å². The summed E-state index contributed by atoms with van der Waals surface area (Å²) in [6.07, 6.45) is 27.3. The van der Waals surface area contributed by atoms with Crippen molar-refractivity contribution >= 4 is 27.6 Å². The Kier molecular flexibility index (Phi) is 35.8. The molecular formula is C42H74O16P2. The topological polar surface area (TPSA) is 256 Å². The summed E-state index contributed by atoms with van der Waals surface area (Å²) in [7, 11) is -9.81. The van der Waals surface area contributed by atoms with Crippen LogP contribution >= 0.6 is 15.6 Å². The molecular weight excluding hydrogens is 822 g/mol. The van der Waals surface area contributed by atoms with Gasteiger partial charge in [-0.15, -0.1) is 0 Å². The second-order valence-electron chi connectivity index (χ2n) is 14.5. The van der Waals surface area contributed by atoms with Gasteiger partial charge in [-0.25, -0.2) is 9.13 Å². The molecule has 0 aliphatic rings. The number of esters is 2. The number of unbranched alkanes of at least 4 members (excludes halogenated alkanes) is 12. The van der Waals surface area contributed by atoms with Crippen LogP contribution in [0.1, 0.15) is 136 Å². The number of hydrogen-bond donors (Lipinski definition) is 7. The van der Waals surface area contributed by atoms with E-state index in [-0.39, 0.29) is 25.7 Å². The van der Waals surface area contributed by atoms with Crippen molar-refractivity contribution in [2.75, 3.05) is 26.4 Å². The number of allylic oxidation sites excluding steroid dienone is 7. The minimum atomic E-state index is -4.91. The van der Waals surface area contributed by atoms with Crippen molar-refractivity contribution in [1.29, 1.82) is 0 Å². The summed E-state index contributed by atoms with van der Waals surface area (Å²) in [6, 6.07) is 0. The molecule has 0 aliphatic carbocycles. The smallest absolute Gasteiger partial charge is 0.462 e. The third kappa shape index (κ3) is 38.6. The van der Waals surface area contributed by atoms with E-state index in [0.717, 1.165) is 32.1 Å². The Morgan fingerprint density at radius 1 is 0.583 bits per heavy atom. The molecule has 0 radical (unpaired) electrons. The molecule has 1 unspecified atom stereocenters. The zero-order valence-corrected chi connectivity index (χ0v) is 37.4. The summed E-state index contributed by atoms with van der Waals surface area (Å²) >= 11 is 0. The van der Waals surface area contributed by atoms with E-state index in [4.69, 9.17) is 23.8 Å². The average molecular weight is 897 g/mol. The van der Waals surface area contributed by atoms with Gasteiger partial charge < -0.3 is 44.6 Å². The van der Waals surface area contributed by atoms with E-state index < -0.39 is 84.5 Å². The molecule has 0 fully saturated rings. The van der Waals surface area contributed by atoms with Crippen LogP contribution in [0.15, 0.2) is 60.8 Å². The first-order valence-corrected chi connectivity index (χ1v) is 24.3. The highest BCUT2D eigenvalue weighted by atomic mass is 31.2. The number of aliphatic hydroxyl groups excluding tert-OH is 4. The molecule has 0 bridgehead atoms. The highest BCUT2D eigenvalue weighted by molar-refractivity contribution is 7.47. The van der Waals surface area contributed by atoms with Gasteiger partial charge in [-0.05, 0) is 32.1 Å². The Morgan fingerprint density at radius 2 is 1.10 bits per heavy atom. The van der Waals surface area contributed by atoms with E-state index in [1.54, 1.807) is 42.5 Å². The zero-order chi connectivity index (χ0) is 44.9. The minimum Gasteiger partial charge on any atom is -0.462 e. The molecule has 0 heterocycles. The molecule has 60 heavy (non-hydrogen) atoms. The van der Waals surface area contributed by atoms with Crippen LogP contribution in [0.5, 0.6) is 0 Å². The number of aliphatic hydroxyl groups is 4. The summed E-state index contributed by atoms with van der Waals surface area (Å²) in [6.45, 7) is 1.16. The molecule has 7 N–H and O–H groups in total.